The lowest BCUT2D eigenvalue weighted by Crippen LogP contribution is -2.34. The standard InChI is InChI=1S/C36H42Br3N3O3/c1-4-7-10-13-40-31-19-26(17-28(37)22-31)35(44)42(15-12-9-6-3)33-21-27(18-30(39)24-33)36(45)41(14-11-8-5-2)32-20-25(34(40)43)16-29(38)23-32/h16-24H,4-15H2,1-3H3. The molecular weight excluding hydrogens is 762 g/mol. The van der Waals surface area contributed by atoms with Gasteiger partial charge in [0, 0.05) is 66.8 Å². The van der Waals surface area contributed by atoms with E-state index in [0.717, 1.165) is 71.2 Å². The summed E-state index contributed by atoms with van der Waals surface area (Å²) in [6, 6.07) is 16.6. The van der Waals surface area contributed by atoms with E-state index in [2.05, 4.69) is 68.6 Å². The number of carbonyl (C=O) groups excluding carboxylic acids is 3. The van der Waals surface area contributed by atoms with Crippen LogP contribution in [0.5, 0.6) is 0 Å². The lowest BCUT2D eigenvalue weighted by atomic mass is 10.1. The Kier molecular flexibility index (Phi) is 13.3. The molecule has 45 heavy (non-hydrogen) atoms. The van der Waals surface area contributed by atoms with Gasteiger partial charge in [0.1, 0.15) is 0 Å². The monoisotopic (exact) mass is 801 g/mol. The van der Waals surface area contributed by atoms with Crippen LogP contribution in [-0.4, -0.2) is 37.4 Å². The van der Waals surface area contributed by atoms with Crippen molar-refractivity contribution in [1.29, 1.82) is 0 Å². The van der Waals surface area contributed by atoms with E-state index in [1.54, 1.807) is 14.7 Å². The van der Waals surface area contributed by atoms with Gasteiger partial charge in [-0.3, -0.25) is 14.4 Å². The second-order valence-electron chi connectivity index (χ2n) is 11.6. The predicted octanol–water partition coefficient (Wildman–Crippen LogP) is 10.8. The Morgan fingerprint density at radius 3 is 0.933 bits per heavy atom. The Balaban J connectivity index is 1.98. The number of nitrogens with zero attached hydrogens (tertiary/aromatic N) is 3. The summed E-state index contributed by atoms with van der Waals surface area (Å²) in [5, 5.41) is 0. The van der Waals surface area contributed by atoms with Crippen LogP contribution >= 0.6 is 47.8 Å². The molecule has 0 atom stereocenters. The molecule has 0 fully saturated rings. The van der Waals surface area contributed by atoms with E-state index in [1.807, 2.05) is 54.6 Å². The van der Waals surface area contributed by atoms with Crippen molar-refractivity contribution < 1.29 is 14.4 Å². The first-order valence-corrected chi connectivity index (χ1v) is 18.4. The molecule has 3 aromatic carbocycles. The largest absolute Gasteiger partial charge is 0.308 e. The highest BCUT2D eigenvalue weighted by Crippen LogP contribution is 2.33. The Morgan fingerprint density at radius 2 is 0.689 bits per heavy atom. The van der Waals surface area contributed by atoms with E-state index in [0.29, 0.717) is 53.4 Å². The second-order valence-corrected chi connectivity index (χ2v) is 14.3. The molecule has 0 saturated carbocycles. The Bertz CT molecular complexity index is 1350. The molecular formula is C36H42Br3N3O3. The summed E-state index contributed by atoms with van der Waals surface area (Å²) >= 11 is 10.9. The number of rotatable bonds is 12. The Labute approximate surface area is 292 Å². The summed E-state index contributed by atoms with van der Waals surface area (Å²) < 4.78 is 2.16. The van der Waals surface area contributed by atoms with Crippen LogP contribution in [0.15, 0.2) is 68.0 Å². The summed E-state index contributed by atoms with van der Waals surface area (Å²) in [6.45, 7) is 7.92. The molecule has 3 aromatic rings. The predicted molar refractivity (Wildman–Crippen MR) is 196 cm³/mol. The van der Waals surface area contributed by atoms with Gasteiger partial charge < -0.3 is 14.7 Å². The van der Waals surface area contributed by atoms with Crippen molar-refractivity contribution in [2.24, 2.45) is 0 Å². The highest BCUT2D eigenvalue weighted by atomic mass is 79.9. The van der Waals surface area contributed by atoms with Gasteiger partial charge >= 0.3 is 0 Å². The quantitative estimate of drug-likeness (QED) is 0.171. The average Bonchev–Trinajstić information content (AvgIpc) is 3.01. The molecule has 0 N–H and O–H groups in total. The molecule has 1 aliphatic rings. The van der Waals surface area contributed by atoms with Crippen LogP contribution in [0, 0.1) is 0 Å². The smallest absolute Gasteiger partial charge is 0.258 e. The van der Waals surface area contributed by atoms with E-state index >= 15 is 0 Å². The first-order chi connectivity index (χ1) is 21.7. The number of fused-ring (bicyclic) bond motifs is 6. The first-order valence-electron chi connectivity index (χ1n) is 16.0. The molecule has 4 rings (SSSR count). The van der Waals surface area contributed by atoms with Crippen LogP contribution in [0.25, 0.3) is 0 Å². The van der Waals surface area contributed by atoms with Gasteiger partial charge in [-0.2, -0.15) is 0 Å². The van der Waals surface area contributed by atoms with Crippen molar-refractivity contribution in [2.45, 2.75) is 78.6 Å². The molecule has 1 aliphatic heterocycles. The third-order valence-corrected chi connectivity index (χ3v) is 9.39. The topological polar surface area (TPSA) is 60.9 Å². The molecule has 0 unspecified atom stereocenters. The molecule has 1 heterocycles. The molecule has 240 valence electrons. The zero-order valence-corrected chi connectivity index (χ0v) is 31.1. The van der Waals surface area contributed by atoms with Gasteiger partial charge in [-0.25, -0.2) is 0 Å². The summed E-state index contributed by atoms with van der Waals surface area (Å²) in [5.41, 5.74) is 3.40. The number of amides is 3. The molecule has 6 nitrogen and oxygen atoms in total. The van der Waals surface area contributed by atoms with Crippen molar-refractivity contribution >= 4 is 82.6 Å². The number of benzene rings is 3. The SMILES string of the molecule is CCCCCN1C(=O)c2cc(Br)cc(c2)N(CCCCC)C(=O)c2cc(Br)cc(c2)N(CCCCC)C(=O)c2cc(Br)cc1c2. The summed E-state index contributed by atoms with van der Waals surface area (Å²) in [7, 11) is 0. The minimum atomic E-state index is -0.177. The van der Waals surface area contributed by atoms with Crippen LogP contribution in [0.4, 0.5) is 17.1 Å². The van der Waals surface area contributed by atoms with Gasteiger partial charge in [0.05, 0.1) is 0 Å². The number of carbonyl (C=O) groups is 3. The van der Waals surface area contributed by atoms with Crippen molar-refractivity contribution in [3.05, 3.63) is 84.7 Å². The maximum atomic E-state index is 14.4. The maximum Gasteiger partial charge on any atom is 0.258 e. The van der Waals surface area contributed by atoms with E-state index in [1.165, 1.54) is 0 Å². The Morgan fingerprint density at radius 1 is 0.422 bits per heavy atom. The van der Waals surface area contributed by atoms with Crippen molar-refractivity contribution in [1.82, 2.24) is 0 Å². The van der Waals surface area contributed by atoms with E-state index in [9.17, 15) is 14.4 Å². The van der Waals surface area contributed by atoms with Gasteiger partial charge in [0.15, 0.2) is 0 Å². The first kappa shape index (κ1) is 35.4. The fourth-order valence-electron chi connectivity index (χ4n) is 5.63. The van der Waals surface area contributed by atoms with Crippen molar-refractivity contribution in [2.75, 3.05) is 34.3 Å². The minimum absolute atomic E-state index is 0.177. The number of unbranched alkanes of at least 4 members (excludes halogenated alkanes) is 6. The summed E-state index contributed by atoms with van der Waals surface area (Å²) in [5.74, 6) is -0.530. The molecule has 3 amide bonds. The van der Waals surface area contributed by atoms with Gasteiger partial charge in [-0.15, -0.1) is 0 Å². The van der Waals surface area contributed by atoms with E-state index in [-0.39, 0.29) is 17.7 Å². The summed E-state index contributed by atoms with van der Waals surface area (Å²) in [6.07, 6.45) is 8.44. The minimum Gasteiger partial charge on any atom is -0.308 e. The molecule has 0 saturated heterocycles. The van der Waals surface area contributed by atoms with Crippen molar-refractivity contribution in [3.8, 4) is 0 Å². The Hall–Kier alpha value is -2.49. The normalized spacial score (nSPS) is 13.7. The number of anilines is 3. The third kappa shape index (κ3) is 9.07. The molecule has 0 aromatic heterocycles. The zero-order chi connectivity index (χ0) is 32.5. The van der Waals surface area contributed by atoms with Crippen LogP contribution in [-0.2, 0) is 0 Å². The van der Waals surface area contributed by atoms with Crippen LogP contribution in [0.1, 0.15) is 110 Å². The molecule has 6 bridgehead atoms. The molecule has 0 radical (unpaired) electrons. The third-order valence-electron chi connectivity index (χ3n) is 8.01. The lowest BCUT2D eigenvalue weighted by Gasteiger charge is -2.26. The van der Waals surface area contributed by atoms with Crippen LogP contribution < -0.4 is 14.7 Å². The molecule has 0 spiro atoms. The number of hydrogen-bond acceptors (Lipinski definition) is 3. The van der Waals surface area contributed by atoms with Gasteiger partial charge in [0.2, 0.25) is 0 Å². The highest BCUT2D eigenvalue weighted by Gasteiger charge is 2.27. The molecule has 9 heteroatoms. The highest BCUT2D eigenvalue weighted by molar-refractivity contribution is 9.11. The van der Waals surface area contributed by atoms with Crippen LogP contribution in [0.2, 0.25) is 0 Å². The molecule has 0 aliphatic carbocycles. The fourth-order valence-corrected chi connectivity index (χ4v) is 7.07. The summed E-state index contributed by atoms with van der Waals surface area (Å²) in [4.78, 5) is 48.4. The number of halogens is 3. The van der Waals surface area contributed by atoms with Gasteiger partial charge in [0.25, 0.3) is 17.7 Å². The number of hydrogen-bond donors (Lipinski definition) is 0. The van der Waals surface area contributed by atoms with Gasteiger partial charge in [-0.05, 0) is 73.9 Å². The van der Waals surface area contributed by atoms with Crippen molar-refractivity contribution in [3.63, 3.8) is 0 Å². The van der Waals surface area contributed by atoms with E-state index < -0.39 is 0 Å². The van der Waals surface area contributed by atoms with Gasteiger partial charge in [-0.1, -0.05) is 107 Å². The van der Waals surface area contributed by atoms with E-state index in [4.69, 9.17) is 0 Å². The maximum absolute atomic E-state index is 14.4. The second kappa shape index (κ2) is 16.9. The van der Waals surface area contributed by atoms with Crippen LogP contribution in [0.3, 0.4) is 0 Å². The average molecular weight is 804 g/mol. The zero-order valence-electron chi connectivity index (χ0n) is 26.4. The fraction of sp³-hybridized carbons (Fsp3) is 0.417. The lowest BCUT2D eigenvalue weighted by molar-refractivity contribution is 0.0975.